The third-order valence-electron chi connectivity index (χ3n) is 2.50. The molecular formula is C14H15OPSe. The predicted molar refractivity (Wildman–Crippen MR) is 76.5 cm³/mol. The summed E-state index contributed by atoms with van der Waals surface area (Å²) in [5, 5.41) is 2.49. The average molecular weight is 309 g/mol. The molecule has 0 bridgehead atoms. The zero-order valence-electron chi connectivity index (χ0n) is 9.74. The van der Waals surface area contributed by atoms with E-state index in [9.17, 15) is 0 Å². The van der Waals surface area contributed by atoms with Gasteiger partial charge in [-0.05, 0) is 0 Å². The number of benzene rings is 2. The summed E-state index contributed by atoms with van der Waals surface area (Å²) >= 11 is 3.31. The molecule has 0 aliphatic rings. The second-order valence-electron chi connectivity index (χ2n) is 3.64. The van der Waals surface area contributed by atoms with Crippen LogP contribution < -0.4 is 10.6 Å². The summed E-state index contributed by atoms with van der Waals surface area (Å²) in [6.45, 7) is 2.75. The molecule has 0 spiro atoms. The summed E-state index contributed by atoms with van der Waals surface area (Å²) in [7, 11) is 0. The molecule has 0 aliphatic heterocycles. The van der Waals surface area contributed by atoms with E-state index < -0.39 is 5.74 Å². The summed E-state index contributed by atoms with van der Waals surface area (Å²) in [6.07, 6.45) is 0. The Labute approximate surface area is 110 Å². The van der Waals surface area contributed by atoms with Crippen LogP contribution in [0.15, 0.2) is 60.7 Å². The zero-order chi connectivity index (χ0) is 12.1. The van der Waals surface area contributed by atoms with Gasteiger partial charge in [0, 0.05) is 0 Å². The number of hydrogen-bond donors (Lipinski definition) is 0. The van der Waals surface area contributed by atoms with Crippen LogP contribution in [0.2, 0.25) is 0 Å². The van der Waals surface area contributed by atoms with E-state index in [2.05, 4.69) is 63.6 Å². The Morgan fingerprint density at radius 1 is 0.882 bits per heavy atom. The molecule has 88 valence electrons. The second kappa shape index (κ2) is 5.80. The van der Waals surface area contributed by atoms with E-state index in [0.29, 0.717) is 6.61 Å². The van der Waals surface area contributed by atoms with Gasteiger partial charge >= 0.3 is 110 Å². The normalized spacial score (nSPS) is 11.4. The van der Waals surface area contributed by atoms with Gasteiger partial charge in [0.2, 0.25) is 0 Å². The molecule has 0 radical (unpaired) electrons. The van der Waals surface area contributed by atoms with Gasteiger partial charge in [0.1, 0.15) is 0 Å². The molecule has 0 amide bonds. The molecule has 0 unspecified atom stereocenters. The van der Waals surface area contributed by atoms with Gasteiger partial charge in [-0.25, -0.2) is 0 Å². The molecule has 0 saturated carbocycles. The van der Waals surface area contributed by atoms with E-state index in [1.807, 2.05) is 19.1 Å². The molecule has 0 aliphatic carbocycles. The SMILES string of the molecule is CCOP(=[Se])(c1ccccc1)c1ccccc1. The van der Waals surface area contributed by atoms with Gasteiger partial charge in [-0.2, -0.15) is 0 Å². The third-order valence-corrected chi connectivity index (χ3v) is 8.40. The molecule has 0 N–H and O–H groups in total. The summed E-state index contributed by atoms with van der Waals surface area (Å²) < 4.78 is 6.06. The van der Waals surface area contributed by atoms with Crippen molar-refractivity contribution in [2.45, 2.75) is 6.92 Å². The Kier molecular flexibility index (Phi) is 4.36. The zero-order valence-corrected chi connectivity index (χ0v) is 12.4. The van der Waals surface area contributed by atoms with Gasteiger partial charge in [0.15, 0.2) is 0 Å². The van der Waals surface area contributed by atoms with Crippen molar-refractivity contribution < 1.29 is 4.52 Å². The molecule has 3 heteroatoms. The van der Waals surface area contributed by atoms with Crippen molar-refractivity contribution in [2.75, 3.05) is 6.61 Å². The first-order valence-electron chi connectivity index (χ1n) is 5.63. The van der Waals surface area contributed by atoms with Gasteiger partial charge < -0.3 is 0 Å². The van der Waals surface area contributed by atoms with Crippen LogP contribution in [0, 0.1) is 0 Å². The van der Waals surface area contributed by atoms with Crippen LogP contribution in [-0.2, 0) is 4.52 Å². The molecule has 0 heterocycles. The van der Waals surface area contributed by atoms with Crippen molar-refractivity contribution in [1.29, 1.82) is 0 Å². The van der Waals surface area contributed by atoms with E-state index in [0.717, 1.165) is 0 Å². The first kappa shape index (κ1) is 12.8. The molecule has 0 saturated heterocycles. The van der Waals surface area contributed by atoms with Gasteiger partial charge in [0.25, 0.3) is 0 Å². The van der Waals surface area contributed by atoms with Crippen molar-refractivity contribution in [3.05, 3.63) is 60.7 Å². The van der Waals surface area contributed by atoms with Crippen molar-refractivity contribution >= 4 is 31.4 Å². The van der Waals surface area contributed by atoms with Crippen LogP contribution in [0.25, 0.3) is 0 Å². The fraction of sp³-hybridized carbons (Fsp3) is 0.143. The van der Waals surface area contributed by atoms with Crippen LogP contribution in [0.1, 0.15) is 6.92 Å². The molecule has 0 fully saturated rings. The Morgan fingerprint density at radius 2 is 1.29 bits per heavy atom. The minimum atomic E-state index is -1.80. The summed E-state index contributed by atoms with van der Waals surface area (Å²) in [6, 6.07) is 20.8. The Hall–Kier alpha value is -0.651. The quantitative estimate of drug-likeness (QED) is 0.623. The molecule has 0 atom stereocenters. The maximum atomic E-state index is 6.06. The summed E-state index contributed by atoms with van der Waals surface area (Å²) in [5.41, 5.74) is -1.80. The van der Waals surface area contributed by atoms with E-state index in [1.165, 1.54) is 10.6 Å². The first-order valence-corrected chi connectivity index (χ1v) is 9.55. The average Bonchev–Trinajstić information content (AvgIpc) is 2.41. The first-order chi connectivity index (χ1) is 8.27. The van der Waals surface area contributed by atoms with Crippen molar-refractivity contribution in [3.63, 3.8) is 0 Å². The van der Waals surface area contributed by atoms with Crippen LogP contribution in [0.4, 0.5) is 0 Å². The van der Waals surface area contributed by atoms with E-state index >= 15 is 0 Å². The van der Waals surface area contributed by atoms with Gasteiger partial charge in [-0.3, -0.25) is 0 Å². The van der Waals surface area contributed by atoms with Crippen LogP contribution in [-0.4, -0.2) is 21.7 Å². The summed E-state index contributed by atoms with van der Waals surface area (Å²) in [4.78, 5) is 0. The Morgan fingerprint density at radius 3 is 1.65 bits per heavy atom. The number of rotatable bonds is 4. The topological polar surface area (TPSA) is 9.23 Å². The fourth-order valence-electron chi connectivity index (χ4n) is 1.73. The summed E-state index contributed by atoms with van der Waals surface area (Å²) in [5.74, 6) is 0. The van der Waals surface area contributed by atoms with E-state index in [-0.39, 0.29) is 0 Å². The molecular weight excluding hydrogens is 294 g/mol. The standard InChI is InChI=1S/C14H15OPSe/c1-2-15-16(17,13-9-5-3-6-10-13)14-11-7-4-8-12-14/h3-12H,2H2,1H3. The van der Waals surface area contributed by atoms with Crippen LogP contribution in [0.3, 0.4) is 0 Å². The molecule has 1 nitrogen and oxygen atoms in total. The Balaban J connectivity index is 2.51. The Bertz CT molecular complexity index is 467. The van der Waals surface area contributed by atoms with Crippen LogP contribution >= 0.6 is 5.74 Å². The van der Waals surface area contributed by atoms with E-state index in [4.69, 9.17) is 4.52 Å². The number of hydrogen-bond acceptors (Lipinski definition) is 1. The van der Waals surface area contributed by atoms with Gasteiger partial charge in [-0.1, -0.05) is 0 Å². The monoisotopic (exact) mass is 310 g/mol. The third kappa shape index (κ3) is 2.78. The predicted octanol–water partition coefficient (Wildman–Crippen LogP) is 2.69. The van der Waals surface area contributed by atoms with Crippen molar-refractivity contribution in [3.8, 4) is 0 Å². The van der Waals surface area contributed by atoms with E-state index in [1.54, 1.807) is 0 Å². The van der Waals surface area contributed by atoms with Gasteiger partial charge in [-0.15, -0.1) is 0 Å². The van der Waals surface area contributed by atoms with Crippen molar-refractivity contribution in [1.82, 2.24) is 0 Å². The maximum absolute atomic E-state index is 6.06. The molecule has 2 aromatic rings. The molecule has 0 aromatic heterocycles. The van der Waals surface area contributed by atoms with Gasteiger partial charge in [0.05, 0.1) is 0 Å². The minimum absolute atomic E-state index is 0.713. The molecule has 2 aromatic carbocycles. The van der Waals surface area contributed by atoms with Crippen molar-refractivity contribution in [2.24, 2.45) is 0 Å². The molecule has 17 heavy (non-hydrogen) atoms. The van der Waals surface area contributed by atoms with Crippen LogP contribution in [0.5, 0.6) is 0 Å². The second-order valence-corrected chi connectivity index (χ2v) is 9.27. The molecule has 2 rings (SSSR count). The fourth-order valence-corrected chi connectivity index (χ4v) is 6.01.